The summed E-state index contributed by atoms with van der Waals surface area (Å²) in [5, 5.41) is 10.8. The van der Waals surface area contributed by atoms with Crippen molar-refractivity contribution in [1.82, 2.24) is 0 Å². The average molecular weight is 373 g/mol. The molecule has 0 atom stereocenters. The molecule has 0 saturated carbocycles. The Kier molecular flexibility index (Phi) is 4.43. The zero-order valence-corrected chi connectivity index (χ0v) is 15.7. The van der Waals surface area contributed by atoms with Crippen molar-refractivity contribution in [2.75, 3.05) is 0 Å². The summed E-state index contributed by atoms with van der Waals surface area (Å²) in [6.07, 6.45) is 3.33. The maximum absolute atomic E-state index is 12.9. The van der Waals surface area contributed by atoms with Gasteiger partial charge in [-0.25, -0.2) is 0 Å². The van der Waals surface area contributed by atoms with Gasteiger partial charge in [-0.15, -0.1) is 0 Å². The number of nitro benzene ring substituents is 1. The summed E-state index contributed by atoms with van der Waals surface area (Å²) >= 11 is 0. The number of Topliss-reactive ketones (excluding diaryl/α,β-unsaturated/α-hetero) is 1. The third-order valence-electron chi connectivity index (χ3n) is 5.10. The van der Waals surface area contributed by atoms with E-state index in [9.17, 15) is 14.9 Å². The van der Waals surface area contributed by atoms with E-state index in [4.69, 9.17) is 4.42 Å². The Hall–Kier alpha value is -3.47. The van der Waals surface area contributed by atoms with Crippen LogP contribution < -0.4 is 0 Å². The average Bonchev–Trinajstić information content (AvgIpc) is 3.13. The van der Waals surface area contributed by atoms with Gasteiger partial charge < -0.3 is 4.42 Å². The highest BCUT2D eigenvalue weighted by Crippen LogP contribution is 2.31. The molecule has 4 rings (SSSR count). The van der Waals surface area contributed by atoms with Crippen molar-refractivity contribution >= 4 is 17.5 Å². The molecule has 0 fully saturated rings. The Morgan fingerprint density at radius 3 is 2.50 bits per heavy atom. The molecule has 1 aliphatic carbocycles. The molecule has 2 aromatic carbocycles. The molecule has 0 amide bonds. The van der Waals surface area contributed by atoms with Crippen LogP contribution in [0.2, 0.25) is 0 Å². The Morgan fingerprint density at radius 1 is 1.04 bits per heavy atom. The van der Waals surface area contributed by atoms with Crippen molar-refractivity contribution in [1.29, 1.82) is 0 Å². The molecule has 5 nitrogen and oxygen atoms in total. The highest BCUT2D eigenvalue weighted by molar-refractivity contribution is 6.13. The van der Waals surface area contributed by atoms with Gasteiger partial charge in [0.05, 0.1) is 4.92 Å². The zero-order valence-electron chi connectivity index (χ0n) is 15.7. The lowest BCUT2D eigenvalue weighted by molar-refractivity contribution is -0.384. The second-order valence-electron chi connectivity index (χ2n) is 7.11. The van der Waals surface area contributed by atoms with E-state index >= 15 is 0 Å². The van der Waals surface area contributed by atoms with Crippen LogP contribution in [-0.4, -0.2) is 10.7 Å². The largest absolute Gasteiger partial charge is 0.457 e. The summed E-state index contributed by atoms with van der Waals surface area (Å²) in [7, 11) is 0. The number of benzene rings is 2. The summed E-state index contributed by atoms with van der Waals surface area (Å²) in [5.41, 5.74) is 5.71. The number of allylic oxidation sites excluding steroid dienone is 1. The molecule has 0 unspecified atom stereocenters. The van der Waals surface area contributed by atoms with Crippen LogP contribution in [-0.2, 0) is 6.42 Å². The molecular weight excluding hydrogens is 354 g/mol. The first kappa shape index (κ1) is 17.9. The quantitative estimate of drug-likeness (QED) is 0.336. The molecule has 0 bridgehead atoms. The van der Waals surface area contributed by atoms with Gasteiger partial charge in [-0.1, -0.05) is 11.6 Å². The molecule has 0 N–H and O–H groups in total. The monoisotopic (exact) mass is 373 g/mol. The first-order chi connectivity index (χ1) is 13.4. The number of fused-ring (bicyclic) bond motifs is 1. The number of non-ortho nitro benzene ring substituents is 1. The van der Waals surface area contributed by atoms with Gasteiger partial charge in [-0.2, -0.15) is 0 Å². The highest BCUT2D eigenvalue weighted by Gasteiger charge is 2.23. The molecule has 1 aliphatic rings. The van der Waals surface area contributed by atoms with E-state index in [0.717, 1.165) is 34.2 Å². The summed E-state index contributed by atoms with van der Waals surface area (Å²) in [6.45, 7) is 4.05. The van der Waals surface area contributed by atoms with Crippen molar-refractivity contribution in [2.24, 2.45) is 0 Å². The summed E-state index contributed by atoms with van der Waals surface area (Å²) < 4.78 is 5.86. The van der Waals surface area contributed by atoms with E-state index in [1.807, 2.05) is 25.1 Å². The molecule has 0 aliphatic heterocycles. The molecule has 140 valence electrons. The second kappa shape index (κ2) is 6.93. The third-order valence-corrected chi connectivity index (χ3v) is 5.10. The number of hydrogen-bond acceptors (Lipinski definition) is 4. The molecule has 5 heteroatoms. The normalized spacial score (nSPS) is 14.9. The number of carbonyl (C=O) groups excluding carboxylic acids is 1. The van der Waals surface area contributed by atoms with Crippen LogP contribution in [0, 0.1) is 24.0 Å². The predicted octanol–water partition coefficient (Wildman–Crippen LogP) is 5.68. The van der Waals surface area contributed by atoms with Crippen LogP contribution >= 0.6 is 0 Å². The van der Waals surface area contributed by atoms with Crippen LogP contribution in [0.5, 0.6) is 0 Å². The van der Waals surface area contributed by atoms with E-state index in [1.54, 1.807) is 18.2 Å². The summed E-state index contributed by atoms with van der Waals surface area (Å²) in [4.78, 5) is 23.3. The molecule has 0 spiro atoms. The third kappa shape index (κ3) is 3.27. The predicted molar refractivity (Wildman–Crippen MR) is 107 cm³/mol. The van der Waals surface area contributed by atoms with Gasteiger partial charge in [0.2, 0.25) is 0 Å². The fourth-order valence-corrected chi connectivity index (χ4v) is 3.72. The molecule has 1 aromatic heterocycles. The van der Waals surface area contributed by atoms with Crippen molar-refractivity contribution in [3.05, 3.63) is 92.2 Å². The van der Waals surface area contributed by atoms with Crippen molar-refractivity contribution < 1.29 is 14.1 Å². The SMILES string of the molecule is Cc1cc(C)c2c(c1)C(=O)C(=Cc1ccc(-c3ccc([N+](=O)[O-])cc3)o1)CC2. The minimum absolute atomic E-state index is 0.0368. The number of hydrogen-bond donors (Lipinski definition) is 0. The number of aryl methyl sites for hydroxylation is 2. The van der Waals surface area contributed by atoms with E-state index < -0.39 is 4.92 Å². The second-order valence-corrected chi connectivity index (χ2v) is 7.11. The number of furan rings is 1. The topological polar surface area (TPSA) is 73.3 Å². The van der Waals surface area contributed by atoms with Gasteiger partial charge in [-0.3, -0.25) is 14.9 Å². The van der Waals surface area contributed by atoms with Gasteiger partial charge in [0.15, 0.2) is 5.78 Å². The van der Waals surface area contributed by atoms with Crippen LogP contribution in [0.15, 0.2) is 58.5 Å². The zero-order chi connectivity index (χ0) is 19.8. The van der Waals surface area contributed by atoms with Crippen molar-refractivity contribution in [3.8, 4) is 11.3 Å². The Bertz CT molecular complexity index is 1120. The van der Waals surface area contributed by atoms with Gasteiger partial charge in [0.25, 0.3) is 5.69 Å². The minimum atomic E-state index is -0.433. The molecular formula is C23H19NO4. The maximum Gasteiger partial charge on any atom is 0.269 e. The fraction of sp³-hybridized carbons (Fsp3) is 0.174. The van der Waals surface area contributed by atoms with E-state index in [1.165, 1.54) is 17.7 Å². The molecule has 1 heterocycles. The van der Waals surface area contributed by atoms with E-state index in [0.29, 0.717) is 17.9 Å². The first-order valence-electron chi connectivity index (χ1n) is 9.12. The minimum Gasteiger partial charge on any atom is -0.457 e. The smallest absolute Gasteiger partial charge is 0.269 e. The lowest BCUT2D eigenvalue weighted by Gasteiger charge is -2.20. The standard InChI is InChI=1S/C23H19NO4/c1-14-11-15(2)20-9-5-17(23(25)21(20)12-14)13-19-8-10-22(28-19)16-3-6-18(7-4-16)24(26)27/h3-4,6-8,10-13H,5,9H2,1-2H3. The number of rotatable bonds is 3. The lowest BCUT2D eigenvalue weighted by Crippen LogP contribution is -2.15. The van der Waals surface area contributed by atoms with Gasteiger partial charge >= 0.3 is 0 Å². The Balaban J connectivity index is 1.62. The number of nitrogens with zero attached hydrogens (tertiary/aromatic N) is 1. The summed E-state index contributed by atoms with van der Waals surface area (Å²) in [5.74, 6) is 1.27. The van der Waals surface area contributed by atoms with Gasteiger partial charge in [-0.05, 0) is 74.2 Å². The van der Waals surface area contributed by atoms with Gasteiger partial charge in [0.1, 0.15) is 11.5 Å². The van der Waals surface area contributed by atoms with Crippen LogP contribution in [0.1, 0.15) is 39.2 Å². The highest BCUT2D eigenvalue weighted by atomic mass is 16.6. The first-order valence-corrected chi connectivity index (χ1v) is 9.12. The Morgan fingerprint density at radius 2 is 1.79 bits per heavy atom. The van der Waals surface area contributed by atoms with Crippen LogP contribution in [0.25, 0.3) is 17.4 Å². The van der Waals surface area contributed by atoms with Crippen LogP contribution in [0.4, 0.5) is 5.69 Å². The van der Waals surface area contributed by atoms with E-state index in [2.05, 4.69) is 13.0 Å². The fourth-order valence-electron chi connectivity index (χ4n) is 3.72. The van der Waals surface area contributed by atoms with Crippen molar-refractivity contribution in [2.45, 2.75) is 26.7 Å². The maximum atomic E-state index is 12.9. The molecule has 28 heavy (non-hydrogen) atoms. The molecule has 0 radical (unpaired) electrons. The molecule has 3 aromatic rings. The van der Waals surface area contributed by atoms with E-state index in [-0.39, 0.29) is 11.5 Å². The number of ketones is 1. The number of carbonyl (C=O) groups is 1. The van der Waals surface area contributed by atoms with Crippen molar-refractivity contribution in [3.63, 3.8) is 0 Å². The lowest BCUT2D eigenvalue weighted by atomic mass is 9.83. The van der Waals surface area contributed by atoms with Crippen LogP contribution in [0.3, 0.4) is 0 Å². The molecule has 0 saturated heterocycles. The summed E-state index contributed by atoms with van der Waals surface area (Å²) in [6, 6.07) is 13.9. The number of nitro groups is 1. The Labute approximate surface area is 162 Å². The van der Waals surface area contributed by atoms with Gasteiger partial charge in [0, 0.05) is 28.8 Å².